The fourth-order valence-electron chi connectivity index (χ4n) is 11.5. The van der Waals surface area contributed by atoms with Crippen LogP contribution in [0.5, 0.6) is 11.5 Å². The zero-order chi connectivity index (χ0) is 47.9. The molecule has 0 spiro atoms. The van der Waals surface area contributed by atoms with E-state index in [0.29, 0.717) is 28.8 Å². The average Bonchev–Trinajstić information content (AvgIpc) is 3.90. The number of benzene rings is 3. The Balaban J connectivity index is 0.624. The van der Waals surface area contributed by atoms with Gasteiger partial charge in [-0.3, -0.25) is 34.3 Å². The summed E-state index contributed by atoms with van der Waals surface area (Å²) < 4.78 is 8.11. The molecule has 2 unspecified atom stereocenters. The Kier molecular flexibility index (Phi) is 12.7. The van der Waals surface area contributed by atoms with E-state index in [-0.39, 0.29) is 24.9 Å². The van der Waals surface area contributed by atoms with E-state index in [1.165, 1.54) is 6.33 Å². The van der Waals surface area contributed by atoms with Crippen LogP contribution in [0.1, 0.15) is 78.1 Å². The number of fused-ring (bicyclic) bond motifs is 2. The topological polar surface area (TPSA) is 196 Å². The highest BCUT2D eigenvalue weighted by Crippen LogP contribution is 2.36. The first-order chi connectivity index (χ1) is 34.1. The number of likely N-dealkylation sites (tertiary alicyclic amines) is 3. The van der Waals surface area contributed by atoms with Crippen LogP contribution in [0.25, 0.3) is 22.3 Å². The molecule has 364 valence electrons. The number of para-hydroxylation sites is 1. The first-order valence-electron chi connectivity index (χ1n) is 25.0. The van der Waals surface area contributed by atoms with E-state index >= 15 is 0 Å². The molecule has 5 fully saturated rings. The van der Waals surface area contributed by atoms with Crippen molar-refractivity contribution in [2.24, 2.45) is 11.8 Å². The molecule has 6 aliphatic rings. The molecule has 0 bridgehead atoms. The summed E-state index contributed by atoms with van der Waals surface area (Å²) >= 11 is 0. The monoisotopic (exact) mass is 948 g/mol. The van der Waals surface area contributed by atoms with Gasteiger partial charge in [0.2, 0.25) is 11.8 Å². The van der Waals surface area contributed by atoms with Gasteiger partial charge in [-0.25, -0.2) is 19.4 Å². The molecule has 3 aromatic carbocycles. The van der Waals surface area contributed by atoms with Gasteiger partial charge in [-0.05, 0) is 118 Å². The van der Waals surface area contributed by atoms with E-state index < -0.39 is 29.7 Å². The number of nitrogens with two attached hydrogens (primary N) is 1. The maximum atomic E-state index is 13.8. The zero-order valence-electron chi connectivity index (χ0n) is 39.5. The standard InChI is InChI=1S/C52H60N12O6/c53-47-45-46(36-8-11-40(12-9-36)70-39-6-2-1-3-7-39)57-64(48(45)55-33-54-47)38-5-4-20-59(32-38)31-35-18-23-62(24-19-35)52(69)61-21-16-34(17-22-61)30-58-25-27-60(28-26-58)37-10-13-41-42(29-37)51(68)63(50(41)67)43-14-15-44(65)56-49(43)66/h1-3,6-13,29,33-35,38,43H,4-5,14-28,30-32H2,(H2,53,54,55)(H,56,65,66). The van der Waals surface area contributed by atoms with Gasteiger partial charge < -0.3 is 30.1 Å². The highest BCUT2D eigenvalue weighted by atomic mass is 16.5. The number of amides is 6. The van der Waals surface area contributed by atoms with Gasteiger partial charge in [-0.2, -0.15) is 5.10 Å². The number of carbonyl (C=O) groups is 5. The predicted octanol–water partition coefficient (Wildman–Crippen LogP) is 5.27. The summed E-state index contributed by atoms with van der Waals surface area (Å²) in [7, 11) is 0. The average molecular weight is 949 g/mol. The van der Waals surface area contributed by atoms with Gasteiger partial charge in [-0.15, -0.1) is 0 Å². The molecule has 5 aromatic rings. The third-order valence-electron chi connectivity index (χ3n) is 15.4. The number of anilines is 2. The summed E-state index contributed by atoms with van der Waals surface area (Å²) in [4.78, 5) is 86.1. The molecule has 70 heavy (non-hydrogen) atoms. The molecular formula is C52H60N12O6. The fraction of sp³-hybridized carbons (Fsp3) is 0.462. The van der Waals surface area contributed by atoms with Crippen molar-refractivity contribution in [2.45, 2.75) is 63.5 Å². The van der Waals surface area contributed by atoms with E-state index in [1.54, 1.807) is 12.1 Å². The Morgan fingerprint density at radius 2 is 1.37 bits per heavy atom. The van der Waals surface area contributed by atoms with Crippen LogP contribution >= 0.6 is 0 Å². The molecule has 0 radical (unpaired) electrons. The van der Waals surface area contributed by atoms with E-state index in [2.05, 4.69) is 39.5 Å². The van der Waals surface area contributed by atoms with Gasteiger partial charge in [0.25, 0.3) is 11.8 Å². The number of piperazine rings is 1. The number of rotatable bonds is 10. The fourth-order valence-corrected chi connectivity index (χ4v) is 11.5. The number of nitrogens with zero attached hydrogens (tertiary/aromatic N) is 10. The van der Waals surface area contributed by atoms with Gasteiger partial charge in [0.05, 0.1) is 22.6 Å². The maximum absolute atomic E-state index is 13.8. The quantitative estimate of drug-likeness (QED) is 0.172. The van der Waals surface area contributed by atoms with E-state index in [9.17, 15) is 24.0 Å². The normalized spacial score (nSPS) is 22.2. The number of nitrogen functional groups attached to an aromatic ring is 1. The Labute approximate surface area is 406 Å². The van der Waals surface area contributed by atoms with Crippen LogP contribution in [0, 0.1) is 11.8 Å². The number of carbonyl (C=O) groups excluding carboxylic acids is 5. The van der Waals surface area contributed by atoms with E-state index in [1.807, 2.05) is 60.7 Å². The largest absolute Gasteiger partial charge is 0.457 e. The molecule has 5 saturated heterocycles. The first kappa shape index (κ1) is 45.5. The second-order valence-electron chi connectivity index (χ2n) is 19.9. The molecule has 2 aromatic heterocycles. The first-order valence-corrected chi connectivity index (χ1v) is 25.0. The third kappa shape index (κ3) is 9.17. The number of nitrogens with one attached hydrogen (secondary N) is 1. The van der Waals surface area contributed by atoms with Gasteiger partial charge in [0, 0.05) is 89.7 Å². The Morgan fingerprint density at radius 1 is 0.700 bits per heavy atom. The summed E-state index contributed by atoms with van der Waals surface area (Å²) in [5, 5.41) is 8.19. The number of hydrogen-bond donors (Lipinski definition) is 2. The summed E-state index contributed by atoms with van der Waals surface area (Å²) in [6, 6.07) is 22.3. The van der Waals surface area contributed by atoms with Crippen LogP contribution in [-0.2, 0) is 9.59 Å². The van der Waals surface area contributed by atoms with Crippen LogP contribution in [0.2, 0.25) is 0 Å². The van der Waals surface area contributed by atoms with Crippen molar-refractivity contribution >= 4 is 52.2 Å². The second kappa shape index (κ2) is 19.5. The van der Waals surface area contributed by atoms with Crippen molar-refractivity contribution in [1.82, 2.24) is 49.6 Å². The summed E-state index contributed by atoms with van der Waals surface area (Å²) in [5.74, 6) is 1.01. The highest BCUT2D eigenvalue weighted by Gasteiger charge is 2.45. The minimum atomic E-state index is -0.977. The van der Waals surface area contributed by atoms with Gasteiger partial charge in [0.15, 0.2) is 5.65 Å². The van der Waals surface area contributed by atoms with Crippen LogP contribution in [0.4, 0.5) is 16.3 Å². The van der Waals surface area contributed by atoms with Crippen molar-refractivity contribution in [3.8, 4) is 22.8 Å². The van der Waals surface area contributed by atoms with Crippen molar-refractivity contribution in [2.75, 3.05) is 89.2 Å². The van der Waals surface area contributed by atoms with Gasteiger partial charge in [-0.1, -0.05) is 18.2 Å². The molecule has 18 nitrogen and oxygen atoms in total. The summed E-state index contributed by atoms with van der Waals surface area (Å²) in [6.07, 6.45) is 7.80. The molecule has 11 rings (SSSR count). The van der Waals surface area contributed by atoms with Crippen LogP contribution < -0.4 is 20.7 Å². The molecule has 6 aliphatic heterocycles. The van der Waals surface area contributed by atoms with Crippen LogP contribution in [0.15, 0.2) is 79.1 Å². The molecule has 18 heteroatoms. The van der Waals surface area contributed by atoms with Crippen molar-refractivity contribution in [1.29, 1.82) is 0 Å². The predicted molar refractivity (Wildman–Crippen MR) is 262 cm³/mol. The number of hydrogen-bond acceptors (Lipinski definition) is 13. The molecule has 3 N–H and O–H groups in total. The lowest BCUT2D eigenvalue weighted by Gasteiger charge is -2.42. The smallest absolute Gasteiger partial charge is 0.319 e. The Hall–Kier alpha value is -6.92. The van der Waals surface area contributed by atoms with Crippen LogP contribution in [-0.4, -0.2) is 158 Å². The lowest BCUT2D eigenvalue weighted by Crippen LogP contribution is -2.54. The Bertz CT molecular complexity index is 2780. The third-order valence-corrected chi connectivity index (χ3v) is 15.4. The van der Waals surface area contributed by atoms with E-state index in [4.69, 9.17) is 20.6 Å². The van der Waals surface area contributed by atoms with Gasteiger partial charge >= 0.3 is 6.03 Å². The minimum Gasteiger partial charge on any atom is -0.457 e. The summed E-state index contributed by atoms with van der Waals surface area (Å²) in [5.41, 5.74) is 10.4. The molecule has 0 aliphatic carbocycles. The summed E-state index contributed by atoms with van der Waals surface area (Å²) in [6.45, 7) is 10.4. The van der Waals surface area contributed by atoms with Crippen LogP contribution in [0.3, 0.4) is 0 Å². The SMILES string of the molecule is Nc1ncnc2c1c(-c1ccc(Oc3ccccc3)cc1)nn2C1CCCN(CC2CCN(C(=O)N3CCC(CN4CCN(c5ccc6c(c5)C(=O)N(C5CCC(=O)NC5=O)C6=O)CC4)CC3)CC2)C1. The number of aromatic nitrogens is 4. The number of piperidine rings is 4. The lowest BCUT2D eigenvalue weighted by molar-refractivity contribution is -0.136. The number of imide groups is 2. The molecule has 8 heterocycles. The molecular weight excluding hydrogens is 889 g/mol. The lowest BCUT2D eigenvalue weighted by atomic mass is 9.94. The molecule has 2 atom stereocenters. The molecule has 6 amide bonds. The van der Waals surface area contributed by atoms with Gasteiger partial charge in [0.1, 0.15) is 35.4 Å². The van der Waals surface area contributed by atoms with Crippen molar-refractivity contribution in [3.63, 3.8) is 0 Å². The van der Waals surface area contributed by atoms with E-state index in [0.717, 1.165) is 161 Å². The Morgan fingerprint density at radius 3 is 2.07 bits per heavy atom. The van der Waals surface area contributed by atoms with Crippen molar-refractivity contribution < 1.29 is 28.7 Å². The number of urea groups is 1. The van der Waals surface area contributed by atoms with Crippen molar-refractivity contribution in [3.05, 3.63) is 90.3 Å². The minimum absolute atomic E-state index is 0.0901. The maximum Gasteiger partial charge on any atom is 0.319 e. The highest BCUT2D eigenvalue weighted by molar-refractivity contribution is 6.23. The zero-order valence-corrected chi connectivity index (χ0v) is 39.5. The second-order valence-corrected chi connectivity index (χ2v) is 19.9. The molecule has 0 saturated carbocycles. The number of ether oxygens (including phenoxy) is 1.